The van der Waals surface area contributed by atoms with Gasteiger partial charge in [-0.05, 0) is 56.2 Å². The number of nitriles is 1. The molecule has 0 saturated carbocycles. The summed E-state index contributed by atoms with van der Waals surface area (Å²) < 4.78 is 2.23. The molecule has 0 radical (unpaired) electrons. The summed E-state index contributed by atoms with van der Waals surface area (Å²) in [6.45, 7) is 6.28. The predicted octanol–water partition coefficient (Wildman–Crippen LogP) is 5.47. The van der Waals surface area contributed by atoms with E-state index in [1.165, 1.54) is 5.56 Å². The van der Waals surface area contributed by atoms with Gasteiger partial charge in [-0.2, -0.15) is 5.26 Å². The minimum atomic E-state index is 0.680. The van der Waals surface area contributed by atoms with Gasteiger partial charge in [-0.25, -0.2) is 0 Å². The molecule has 0 atom stereocenters. The Morgan fingerprint density at radius 3 is 2.25 bits per heavy atom. The van der Waals surface area contributed by atoms with Crippen molar-refractivity contribution in [3.05, 3.63) is 88.7 Å². The summed E-state index contributed by atoms with van der Waals surface area (Å²) in [6, 6.07) is 22.8. The van der Waals surface area contributed by atoms with Gasteiger partial charge in [-0.1, -0.05) is 48.0 Å². The third-order valence-corrected chi connectivity index (χ3v) is 4.27. The van der Waals surface area contributed by atoms with Crippen molar-refractivity contribution in [2.45, 2.75) is 20.8 Å². The van der Waals surface area contributed by atoms with E-state index in [2.05, 4.69) is 61.7 Å². The lowest BCUT2D eigenvalue weighted by atomic mass is 10.0. The smallest absolute Gasteiger partial charge is 0.0998 e. The molecule has 0 fully saturated rings. The molecule has 118 valence electrons. The van der Waals surface area contributed by atoms with Crippen molar-refractivity contribution in [2.24, 2.45) is 0 Å². The number of benzene rings is 2. The maximum atomic E-state index is 9.53. The van der Waals surface area contributed by atoms with E-state index in [0.717, 1.165) is 28.2 Å². The number of rotatable bonds is 3. The highest BCUT2D eigenvalue weighted by atomic mass is 15.0. The molecule has 0 bridgehead atoms. The molecule has 0 spiro atoms. The number of aryl methyl sites for hydroxylation is 2. The average molecular weight is 312 g/mol. The molecule has 1 aromatic heterocycles. The lowest BCUT2D eigenvalue weighted by Gasteiger charge is -2.10. The summed E-state index contributed by atoms with van der Waals surface area (Å²) >= 11 is 0. The molecule has 0 aliphatic rings. The highest BCUT2D eigenvalue weighted by Gasteiger charge is 2.10. The van der Waals surface area contributed by atoms with Crippen LogP contribution in [0.25, 0.3) is 17.3 Å². The summed E-state index contributed by atoms with van der Waals surface area (Å²) in [5, 5.41) is 9.53. The Bertz CT molecular complexity index is 921. The van der Waals surface area contributed by atoms with Gasteiger partial charge in [0.15, 0.2) is 0 Å². The first-order chi connectivity index (χ1) is 11.6. The summed E-state index contributed by atoms with van der Waals surface area (Å²) in [4.78, 5) is 0. The molecular weight excluding hydrogens is 292 g/mol. The monoisotopic (exact) mass is 312 g/mol. The molecule has 24 heavy (non-hydrogen) atoms. The van der Waals surface area contributed by atoms with Gasteiger partial charge in [-0.3, -0.25) is 0 Å². The summed E-state index contributed by atoms with van der Waals surface area (Å²) in [5.41, 5.74) is 7.40. The van der Waals surface area contributed by atoms with Gasteiger partial charge in [0, 0.05) is 17.1 Å². The molecule has 2 heteroatoms. The van der Waals surface area contributed by atoms with Crippen LogP contribution in [0.5, 0.6) is 0 Å². The van der Waals surface area contributed by atoms with Gasteiger partial charge in [0.2, 0.25) is 0 Å². The molecule has 0 unspecified atom stereocenters. The van der Waals surface area contributed by atoms with Crippen LogP contribution in [0.2, 0.25) is 0 Å². The van der Waals surface area contributed by atoms with Crippen LogP contribution in [-0.2, 0) is 0 Å². The van der Waals surface area contributed by atoms with Crippen LogP contribution >= 0.6 is 0 Å². The van der Waals surface area contributed by atoms with Gasteiger partial charge in [-0.15, -0.1) is 0 Å². The molecule has 0 aliphatic carbocycles. The first kappa shape index (κ1) is 15.8. The number of aromatic nitrogens is 1. The maximum Gasteiger partial charge on any atom is 0.0998 e. The minimum Gasteiger partial charge on any atom is -0.318 e. The van der Waals surface area contributed by atoms with Gasteiger partial charge >= 0.3 is 0 Å². The van der Waals surface area contributed by atoms with Crippen LogP contribution in [0.15, 0.2) is 60.7 Å². The molecule has 2 nitrogen and oxygen atoms in total. The third-order valence-electron chi connectivity index (χ3n) is 4.27. The molecular formula is C22H20N2. The quantitative estimate of drug-likeness (QED) is 0.590. The van der Waals surface area contributed by atoms with Crippen molar-refractivity contribution in [3.63, 3.8) is 0 Å². The fourth-order valence-corrected chi connectivity index (χ4v) is 2.98. The third kappa shape index (κ3) is 3.02. The second-order valence-corrected chi connectivity index (χ2v) is 6.03. The van der Waals surface area contributed by atoms with Gasteiger partial charge in [0.25, 0.3) is 0 Å². The fraction of sp³-hybridized carbons (Fsp3) is 0.136. The van der Waals surface area contributed by atoms with Crippen molar-refractivity contribution < 1.29 is 0 Å². The molecule has 0 amide bonds. The van der Waals surface area contributed by atoms with E-state index in [0.29, 0.717) is 5.57 Å². The Morgan fingerprint density at radius 1 is 0.958 bits per heavy atom. The summed E-state index contributed by atoms with van der Waals surface area (Å²) in [7, 11) is 0. The number of hydrogen-bond acceptors (Lipinski definition) is 1. The van der Waals surface area contributed by atoms with E-state index in [4.69, 9.17) is 0 Å². The van der Waals surface area contributed by atoms with E-state index in [9.17, 15) is 5.26 Å². The van der Waals surface area contributed by atoms with Crippen LogP contribution in [0.3, 0.4) is 0 Å². The standard InChI is InChI=1S/C22H20N2/c1-16-9-11-22(12-10-16)24-17(2)13-20(18(24)3)14-21(15-23)19-7-5-4-6-8-19/h4-14H,1-3H3. The Labute approximate surface area is 143 Å². The van der Waals surface area contributed by atoms with Crippen LogP contribution in [0.4, 0.5) is 0 Å². The normalized spacial score (nSPS) is 11.3. The van der Waals surface area contributed by atoms with E-state index in [1.807, 2.05) is 36.4 Å². The SMILES string of the molecule is Cc1ccc(-n2c(C)cc(C=C(C#N)c3ccccc3)c2C)cc1. The molecule has 0 saturated heterocycles. The maximum absolute atomic E-state index is 9.53. The zero-order valence-electron chi connectivity index (χ0n) is 14.2. The van der Waals surface area contributed by atoms with E-state index in [1.54, 1.807) is 0 Å². The van der Waals surface area contributed by atoms with Crippen molar-refractivity contribution in [3.8, 4) is 11.8 Å². The second-order valence-electron chi connectivity index (χ2n) is 6.03. The van der Waals surface area contributed by atoms with E-state index in [-0.39, 0.29) is 0 Å². The number of hydrogen-bond donors (Lipinski definition) is 0. The molecule has 3 aromatic rings. The highest BCUT2D eigenvalue weighted by Crippen LogP contribution is 2.25. The Balaban J connectivity index is 2.08. The van der Waals surface area contributed by atoms with E-state index >= 15 is 0 Å². The topological polar surface area (TPSA) is 28.7 Å². The lowest BCUT2D eigenvalue weighted by molar-refractivity contribution is 0.963. The average Bonchev–Trinajstić information content (AvgIpc) is 2.88. The first-order valence-electron chi connectivity index (χ1n) is 8.03. The number of allylic oxidation sites excluding steroid dienone is 1. The Kier molecular flexibility index (Phi) is 4.35. The molecule has 0 aliphatic heterocycles. The Morgan fingerprint density at radius 2 is 1.62 bits per heavy atom. The van der Waals surface area contributed by atoms with E-state index < -0.39 is 0 Å². The van der Waals surface area contributed by atoms with Crippen LogP contribution in [-0.4, -0.2) is 4.57 Å². The van der Waals surface area contributed by atoms with Crippen molar-refractivity contribution in [1.82, 2.24) is 4.57 Å². The molecule has 0 N–H and O–H groups in total. The first-order valence-corrected chi connectivity index (χ1v) is 8.03. The minimum absolute atomic E-state index is 0.680. The van der Waals surface area contributed by atoms with Crippen LogP contribution < -0.4 is 0 Å². The van der Waals surface area contributed by atoms with Crippen LogP contribution in [0.1, 0.15) is 28.1 Å². The second kappa shape index (κ2) is 6.60. The van der Waals surface area contributed by atoms with Gasteiger partial charge in [0.05, 0.1) is 11.6 Å². The van der Waals surface area contributed by atoms with Gasteiger partial charge in [0.1, 0.15) is 0 Å². The largest absolute Gasteiger partial charge is 0.318 e. The fourth-order valence-electron chi connectivity index (χ4n) is 2.98. The molecule has 2 aromatic carbocycles. The van der Waals surface area contributed by atoms with Crippen LogP contribution in [0, 0.1) is 32.1 Å². The van der Waals surface area contributed by atoms with Gasteiger partial charge < -0.3 is 4.57 Å². The Hall–Kier alpha value is -3.05. The van der Waals surface area contributed by atoms with Crippen molar-refractivity contribution in [1.29, 1.82) is 5.26 Å². The number of nitrogens with zero attached hydrogens (tertiary/aromatic N) is 2. The molecule has 1 heterocycles. The van der Waals surface area contributed by atoms with Crippen molar-refractivity contribution >= 4 is 11.6 Å². The zero-order valence-corrected chi connectivity index (χ0v) is 14.2. The van der Waals surface area contributed by atoms with Crippen molar-refractivity contribution in [2.75, 3.05) is 0 Å². The summed E-state index contributed by atoms with van der Waals surface area (Å²) in [6.07, 6.45) is 1.97. The predicted molar refractivity (Wildman–Crippen MR) is 99.9 cm³/mol. The zero-order chi connectivity index (χ0) is 17.1. The molecule has 3 rings (SSSR count). The summed E-state index contributed by atoms with van der Waals surface area (Å²) in [5.74, 6) is 0. The highest BCUT2D eigenvalue weighted by molar-refractivity contribution is 5.90. The lowest BCUT2D eigenvalue weighted by Crippen LogP contribution is -1.98.